The van der Waals surface area contributed by atoms with Gasteiger partial charge in [0, 0.05) is 25.8 Å². The summed E-state index contributed by atoms with van der Waals surface area (Å²) >= 11 is 0. The standard InChI is InChI=1S/C4H10N.Hf/c1-3-5-4-2;/h3-4H2,1-2H3;/q-1;. The molecule has 2 heteroatoms. The topological polar surface area (TPSA) is 14.1 Å². The third kappa shape index (κ3) is 8.85. The van der Waals surface area contributed by atoms with Crippen LogP contribution in [0, 0.1) is 0 Å². The third-order valence-corrected chi connectivity index (χ3v) is 0.447. The molecule has 0 heterocycles. The molecule has 0 aliphatic carbocycles. The maximum Gasteiger partial charge on any atom is 0 e. The van der Waals surface area contributed by atoms with Gasteiger partial charge in [0.15, 0.2) is 0 Å². The van der Waals surface area contributed by atoms with Crippen LogP contribution in [0.2, 0.25) is 0 Å². The van der Waals surface area contributed by atoms with E-state index in [2.05, 4.69) is 5.32 Å². The van der Waals surface area contributed by atoms with Gasteiger partial charge >= 0.3 is 0 Å². The molecule has 0 saturated heterocycles. The Morgan fingerprint density at radius 2 is 1.50 bits per heavy atom. The molecule has 0 aliphatic heterocycles. The zero-order valence-corrected chi connectivity index (χ0v) is 7.95. The quantitative estimate of drug-likeness (QED) is 0.658. The Bertz CT molecular complexity index is 15.0. The number of hydrogen-bond donors (Lipinski definition) is 0. The summed E-state index contributed by atoms with van der Waals surface area (Å²) in [5, 5.41) is 3.97. The Balaban J connectivity index is 0. The van der Waals surface area contributed by atoms with Gasteiger partial charge in [-0.3, -0.25) is 0 Å². The number of rotatable bonds is 2. The predicted octanol–water partition coefficient (Wildman–Crippen LogP) is 1.40. The van der Waals surface area contributed by atoms with E-state index in [0.717, 1.165) is 13.1 Å². The summed E-state index contributed by atoms with van der Waals surface area (Å²) in [6.45, 7) is 6.03. The maximum atomic E-state index is 3.97. The van der Waals surface area contributed by atoms with Crippen LogP contribution in [-0.4, -0.2) is 13.1 Å². The molecule has 1 nitrogen and oxygen atoms in total. The molecule has 0 spiro atoms. The second kappa shape index (κ2) is 9.27. The number of nitrogens with zero attached hydrogens (tertiary/aromatic N) is 1. The summed E-state index contributed by atoms with van der Waals surface area (Å²) in [6.07, 6.45) is 0. The average Bonchev–Trinajstić information content (AvgIpc) is 1.41. The molecule has 6 heavy (non-hydrogen) atoms. The molecule has 0 amide bonds. The summed E-state index contributed by atoms with van der Waals surface area (Å²) in [7, 11) is 0. The zero-order valence-electron chi connectivity index (χ0n) is 4.36. The van der Waals surface area contributed by atoms with E-state index in [-0.39, 0.29) is 25.8 Å². The van der Waals surface area contributed by atoms with E-state index in [4.69, 9.17) is 0 Å². The summed E-state index contributed by atoms with van der Waals surface area (Å²) in [5.41, 5.74) is 0. The molecule has 0 aliphatic rings. The molecule has 0 fully saturated rings. The molecule has 0 aromatic carbocycles. The van der Waals surface area contributed by atoms with Crippen molar-refractivity contribution in [3.63, 3.8) is 0 Å². The Labute approximate surface area is 58.3 Å². The van der Waals surface area contributed by atoms with E-state index in [1.807, 2.05) is 13.8 Å². The van der Waals surface area contributed by atoms with Crippen molar-refractivity contribution in [2.24, 2.45) is 0 Å². The third-order valence-electron chi connectivity index (χ3n) is 0.447. The van der Waals surface area contributed by atoms with E-state index >= 15 is 0 Å². The second-order valence-corrected chi connectivity index (χ2v) is 0.856. The van der Waals surface area contributed by atoms with E-state index in [1.54, 1.807) is 0 Å². The van der Waals surface area contributed by atoms with Crippen LogP contribution in [0.25, 0.3) is 5.32 Å². The van der Waals surface area contributed by atoms with Crippen LogP contribution in [0.1, 0.15) is 13.8 Å². The molecule has 0 bridgehead atoms. The fraction of sp³-hybridized carbons (Fsp3) is 1.00. The second-order valence-electron chi connectivity index (χ2n) is 0.856. The first-order valence-electron chi connectivity index (χ1n) is 2.05. The SMILES string of the molecule is CC[N-]CC.[Hf]. The summed E-state index contributed by atoms with van der Waals surface area (Å²) in [5.74, 6) is 0. The van der Waals surface area contributed by atoms with Crippen molar-refractivity contribution < 1.29 is 25.8 Å². The van der Waals surface area contributed by atoms with Gasteiger partial charge in [-0.1, -0.05) is 13.8 Å². The molecule has 0 aromatic heterocycles. The van der Waals surface area contributed by atoms with Gasteiger partial charge in [0.25, 0.3) is 0 Å². The van der Waals surface area contributed by atoms with Crippen molar-refractivity contribution in [1.29, 1.82) is 0 Å². The Hall–Kier alpha value is 0.830. The van der Waals surface area contributed by atoms with Gasteiger partial charge in [-0.2, -0.15) is 13.1 Å². The van der Waals surface area contributed by atoms with Crippen LogP contribution in [0.3, 0.4) is 0 Å². The van der Waals surface area contributed by atoms with Gasteiger partial charge < -0.3 is 5.32 Å². The van der Waals surface area contributed by atoms with Crippen molar-refractivity contribution in [2.45, 2.75) is 13.8 Å². The first-order valence-corrected chi connectivity index (χ1v) is 2.05. The van der Waals surface area contributed by atoms with E-state index in [1.165, 1.54) is 0 Å². The monoisotopic (exact) mass is 252 g/mol. The fourth-order valence-electron chi connectivity index (χ4n) is 0.224. The van der Waals surface area contributed by atoms with Crippen LogP contribution in [-0.2, 0) is 25.8 Å². The smallest absolute Gasteiger partial charge is 0 e. The first-order chi connectivity index (χ1) is 2.41. The molecule has 0 saturated carbocycles. The maximum absolute atomic E-state index is 3.97. The van der Waals surface area contributed by atoms with Gasteiger partial charge in [-0.15, -0.1) is 0 Å². The van der Waals surface area contributed by atoms with Crippen LogP contribution in [0.15, 0.2) is 0 Å². The van der Waals surface area contributed by atoms with Crippen LogP contribution < -0.4 is 0 Å². The minimum absolute atomic E-state index is 0. The van der Waals surface area contributed by atoms with Crippen LogP contribution in [0.5, 0.6) is 0 Å². The van der Waals surface area contributed by atoms with Gasteiger partial charge in [0.2, 0.25) is 0 Å². The van der Waals surface area contributed by atoms with Gasteiger partial charge in [-0.25, -0.2) is 0 Å². The van der Waals surface area contributed by atoms with Gasteiger partial charge in [-0.05, 0) is 0 Å². The summed E-state index contributed by atoms with van der Waals surface area (Å²) < 4.78 is 0. The van der Waals surface area contributed by atoms with Crippen LogP contribution >= 0.6 is 0 Å². The Morgan fingerprint density at radius 1 is 1.17 bits per heavy atom. The van der Waals surface area contributed by atoms with Gasteiger partial charge in [0.1, 0.15) is 0 Å². The van der Waals surface area contributed by atoms with E-state index < -0.39 is 0 Å². The molecular weight excluding hydrogens is 241 g/mol. The summed E-state index contributed by atoms with van der Waals surface area (Å²) in [6, 6.07) is 0. The molecule has 0 unspecified atom stereocenters. The van der Waals surface area contributed by atoms with Crippen molar-refractivity contribution in [3.05, 3.63) is 5.32 Å². The van der Waals surface area contributed by atoms with E-state index in [0.29, 0.717) is 0 Å². The van der Waals surface area contributed by atoms with Crippen molar-refractivity contribution in [3.8, 4) is 0 Å². The molecular formula is C4H10HfN-. The molecule has 0 radical (unpaired) electrons. The Kier molecular flexibility index (Phi) is 15.4. The van der Waals surface area contributed by atoms with Crippen molar-refractivity contribution in [2.75, 3.05) is 13.1 Å². The summed E-state index contributed by atoms with van der Waals surface area (Å²) in [4.78, 5) is 0. The predicted molar refractivity (Wildman–Crippen MR) is 24.4 cm³/mol. The molecule has 0 N–H and O–H groups in total. The molecule has 0 atom stereocenters. The number of hydrogen-bond acceptors (Lipinski definition) is 0. The molecule has 0 rings (SSSR count). The Morgan fingerprint density at radius 3 is 1.50 bits per heavy atom. The normalized spacial score (nSPS) is 7.00. The minimum Gasteiger partial charge on any atom is -0.663 e. The van der Waals surface area contributed by atoms with Crippen molar-refractivity contribution in [1.82, 2.24) is 0 Å². The molecule has 36 valence electrons. The average molecular weight is 251 g/mol. The largest absolute Gasteiger partial charge is 0.663 e. The molecule has 0 aromatic rings. The first kappa shape index (κ1) is 9.95. The van der Waals surface area contributed by atoms with Crippen molar-refractivity contribution >= 4 is 0 Å². The van der Waals surface area contributed by atoms with E-state index in [9.17, 15) is 0 Å². The zero-order chi connectivity index (χ0) is 4.12. The fourth-order valence-corrected chi connectivity index (χ4v) is 0.224. The minimum atomic E-state index is 0. The van der Waals surface area contributed by atoms with Gasteiger partial charge in [0.05, 0.1) is 0 Å². The van der Waals surface area contributed by atoms with Crippen LogP contribution in [0.4, 0.5) is 0 Å².